The van der Waals surface area contributed by atoms with Crippen LogP contribution in [0.1, 0.15) is 0 Å². The number of nitrogens with one attached hydrogen (secondary N) is 1. The molecule has 0 saturated heterocycles. The Morgan fingerprint density at radius 2 is 1.89 bits per heavy atom. The Bertz CT molecular complexity index is 707. The maximum Gasteiger partial charge on any atom is 0.265 e. The van der Waals surface area contributed by atoms with Gasteiger partial charge < -0.3 is 0 Å². The first-order valence-corrected chi connectivity index (χ1v) is 7.23. The van der Waals surface area contributed by atoms with Crippen LogP contribution in [-0.4, -0.2) is 18.2 Å². The van der Waals surface area contributed by atoms with Crippen molar-refractivity contribution in [3.8, 4) is 0 Å². The van der Waals surface area contributed by atoms with Crippen molar-refractivity contribution < 1.29 is 17.2 Å². The predicted molar refractivity (Wildman–Crippen MR) is 68.1 cm³/mol. The Hall–Kier alpha value is -1.48. The van der Waals surface area contributed by atoms with Gasteiger partial charge in [0.1, 0.15) is 10.6 Å². The third-order valence-corrected chi connectivity index (χ3v) is 4.00. The van der Waals surface area contributed by atoms with Crippen LogP contribution in [0.4, 0.5) is 14.5 Å². The van der Waals surface area contributed by atoms with E-state index in [1.807, 2.05) is 4.72 Å². The number of aryl methyl sites for hydroxylation is 1. The van der Waals surface area contributed by atoms with Crippen LogP contribution < -0.4 is 4.72 Å². The van der Waals surface area contributed by atoms with E-state index < -0.39 is 27.3 Å². The van der Waals surface area contributed by atoms with Gasteiger partial charge in [0.25, 0.3) is 10.0 Å². The number of anilines is 1. The standard InChI is InChI=1S/C10H8BrF2N3O2S/c1-16-5-7(4-14-16)19(17,18)15-10-8(12)2-6(11)3-9(10)13/h2-5,15H,1H3. The van der Waals surface area contributed by atoms with Crippen LogP contribution in [0.15, 0.2) is 33.9 Å². The molecule has 0 bridgehead atoms. The lowest BCUT2D eigenvalue weighted by molar-refractivity contribution is 0.582. The fourth-order valence-electron chi connectivity index (χ4n) is 1.37. The van der Waals surface area contributed by atoms with Gasteiger partial charge in [0, 0.05) is 17.7 Å². The van der Waals surface area contributed by atoms with Gasteiger partial charge in [0.2, 0.25) is 0 Å². The van der Waals surface area contributed by atoms with Crippen LogP contribution in [0.5, 0.6) is 0 Å². The molecule has 19 heavy (non-hydrogen) atoms. The molecule has 0 fully saturated rings. The number of rotatable bonds is 3. The molecule has 1 aromatic carbocycles. The molecule has 2 rings (SSSR count). The summed E-state index contributed by atoms with van der Waals surface area (Å²) in [4.78, 5) is -0.184. The zero-order valence-electron chi connectivity index (χ0n) is 9.56. The zero-order valence-corrected chi connectivity index (χ0v) is 12.0. The lowest BCUT2D eigenvalue weighted by atomic mass is 10.3. The minimum absolute atomic E-state index is 0.173. The molecular formula is C10H8BrF2N3O2S. The van der Waals surface area contributed by atoms with E-state index in [9.17, 15) is 17.2 Å². The monoisotopic (exact) mass is 351 g/mol. The summed E-state index contributed by atoms with van der Waals surface area (Å²) >= 11 is 2.90. The Labute approximate surface area is 116 Å². The molecule has 0 atom stereocenters. The second-order valence-corrected chi connectivity index (χ2v) is 6.30. The topological polar surface area (TPSA) is 64.0 Å². The first kappa shape index (κ1) is 13.9. The second kappa shape index (κ2) is 4.89. The van der Waals surface area contributed by atoms with Gasteiger partial charge in [-0.15, -0.1) is 0 Å². The van der Waals surface area contributed by atoms with Crippen LogP contribution in [0.2, 0.25) is 0 Å². The summed E-state index contributed by atoms with van der Waals surface area (Å²) in [7, 11) is -2.55. The molecule has 0 radical (unpaired) electrons. The third-order valence-electron chi connectivity index (χ3n) is 2.23. The number of halogens is 3. The van der Waals surface area contributed by atoms with Crippen molar-refractivity contribution in [3.63, 3.8) is 0 Å². The van der Waals surface area contributed by atoms with Gasteiger partial charge in [0.05, 0.1) is 6.20 Å². The average molecular weight is 352 g/mol. The minimum Gasteiger partial charge on any atom is -0.274 e. The first-order valence-electron chi connectivity index (χ1n) is 4.95. The maximum atomic E-state index is 13.5. The lowest BCUT2D eigenvalue weighted by Gasteiger charge is -2.08. The minimum atomic E-state index is -4.08. The van der Waals surface area contributed by atoms with E-state index in [-0.39, 0.29) is 9.37 Å². The highest BCUT2D eigenvalue weighted by atomic mass is 79.9. The summed E-state index contributed by atoms with van der Waals surface area (Å²) in [5, 5.41) is 3.69. The Balaban J connectivity index is 2.41. The second-order valence-electron chi connectivity index (χ2n) is 3.70. The smallest absolute Gasteiger partial charge is 0.265 e. The maximum absolute atomic E-state index is 13.5. The predicted octanol–water partition coefficient (Wildman–Crippen LogP) is 2.26. The van der Waals surface area contributed by atoms with E-state index in [2.05, 4.69) is 21.0 Å². The van der Waals surface area contributed by atoms with Gasteiger partial charge in [-0.25, -0.2) is 17.2 Å². The largest absolute Gasteiger partial charge is 0.274 e. The van der Waals surface area contributed by atoms with Crippen molar-refractivity contribution in [1.82, 2.24) is 9.78 Å². The van der Waals surface area contributed by atoms with Crippen molar-refractivity contribution in [2.24, 2.45) is 7.05 Å². The van der Waals surface area contributed by atoms with Crippen molar-refractivity contribution >= 4 is 31.6 Å². The summed E-state index contributed by atoms with van der Waals surface area (Å²) in [6, 6.07) is 1.92. The van der Waals surface area contributed by atoms with E-state index in [4.69, 9.17) is 0 Å². The molecule has 2 aromatic rings. The van der Waals surface area contributed by atoms with Crippen LogP contribution in [-0.2, 0) is 17.1 Å². The Kier molecular flexibility index (Phi) is 3.59. The van der Waals surface area contributed by atoms with Crippen LogP contribution in [0.25, 0.3) is 0 Å². The number of aromatic nitrogens is 2. The third kappa shape index (κ3) is 2.92. The fraction of sp³-hybridized carbons (Fsp3) is 0.100. The average Bonchev–Trinajstić information content (AvgIpc) is 2.71. The molecule has 9 heteroatoms. The van der Waals surface area contributed by atoms with Crippen LogP contribution in [0, 0.1) is 11.6 Å². The van der Waals surface area contributed by atoms with E-state index >= 15 is 0 Å². The molecule has 5 nitrogen and oxygen atoms in total. The molecule has 0 unspecified atom stereocenters. The number of hydrogen-bond acceptors (Lipinski definition) is 3. The molecule has 1 aromatic heterocycles. The molecule has 1 N–H and O–H groups in total. The van der Waals surface area contributed by atoms with Crippen molar-refractivity contribution in [3.05, 3.63) is 40.6 Å². The van der Waals surface area contributed by atoms with Gasteiger partial charge in [-0.2, -0.15) is 5.10 Å². The summed E-state index contributed by atoms with van der Waals surface area (Å²) < 4.78 is 54.2. The molecular weight excluding hydrogens is 344 g/mol. The van der Waals surface area contributed by atoms with Crippen LogP contribution >= 0.6 is 15.9 Å². The summed E-state index contributed by atoms with van der Waals surface area (Å²) in [5.74, 6) is -2.03. The molecule has 102 valence electrons. The summed E-state index contributed by atoms with van der Waals surface area (Å²) in [6.07, 6.45) is 2.30. The van der Waals surface area contributed by atoms with Crippen molar-refractivity contribution in [2.75, 3.05) is 4.72 Å². The van der Waals surface area contributed by atoms with Gasteiger partial charge in [-0.1, -0.05) is 15.9 Å². The SMILES string of the molecule is Cn1cc(S(=O)(=O)Nc2c(F)cc(Br)cc2F)cn1. The normalized spacial score (nSPS) is 11.6. The summed E-state index contributed by atoms with van der Waals surface area (Å²) in [6.45, 7) is 0. The fourth-order valence-corrected chi connectivity index (χ4v) is 2.83. The quantitative estimate of drug-likeness (QED) is 0.922. The number of hydrogen-bond donors (Lipinski definition) is 1. The first-order chi connectivity index (χ1) is 8.79. The molecule has 0 aliphatic rings. The van der Waals surface area contributed by atoms with Gasteiger partial charge in [-0.05, 0) is 12.1 Å². The molecule has 0 spiro atoms. The lowest BCUT2D eigenvalue weighted by Crippen LogP contribution is -2.14. The highest BCUT2D eigenvalue weighted by Gasteiger charge is 2.21. The van der Waals surface area contributed by atoms with Gasteiger partial charge >= 0.3 is 0 Å². The molecule has 0 saturated carbocycles. The van der Waals surface area contributed by atoms with Crippen molar-refractivity contribution in [1.29, 1.82) is 0 Å². The molecule has 1 heterocycles. The summed E-state index contributed by atoms with van der Waals surface area (Å²) in [5.41, 5.74) is -0.730. The highest BCUT2D eigenvalue weighted by Crippen LogP contribution is 2.26. The molecule has 0 amide bonds. The van der Waals surface area contributed by atoms with E-state index in [1.165, 1.54) is 17.9 Å². The van der Waals surface area contributed by atoms with E-state index in [0.717, 1.165) is 18.3 Å². The number of nitrogens with zero attached hydrogens (tertiary/aromatic N) is 2. The number of benzene rings is 1. The zero-order chi connectivity index (χ0) is 14.2. The van der Waals surface area contributed by atoms with Gasteiger partial charge in [-0.3, -0.25) is 9.40 Å². The van der Waals surface area contributed by atoms with E-state index in [1.54, 1.807) is 0 Å². The molecule has 0 aliphatic carbocycles. The molecule has 0 aliphatic heterocycles. The van der Waals surface area contributed by atoms with Crippen LogP contribution in [0.3, 0.4) is 0 Å². The van der Waals surface area contributed by atoms with Gasteiger partial charge in [0.15, 0.2) is 11.6 Å². The highest BCUT2D eigenvalue weighted by molar-refractivity contribution is 9.10. The number of sulfonamides is 1. The van der Waals surface area contributed by atoms with E-state index in [0.29, 0.717) is 0 Å². The Morgan fingerprint density at radius 1 is 1.32 bits per heavy atom. The van der Waals surface area contributed by atoms with Crippen molar-refractivity contribution in [2.45, 2.75) is 4.90 Å². The Morgan fingerprint density at radius 3 is 2.37 bits per heavy atom.